The molecular weight excluding hydrogens is 264 g/mol. The number of nitrogens with zero attached hydrogens (tertiary/aromatic N) is 2. The molecule has 1 aromatic rings. The molecule has 7 heteroatoms. The first kappa shape index (κ1) is 14.2. The molecule has 6 nitrogen and oxygen atoms in total. The second-order valence-corrected chi connectivity index (χ2v) is 6.83. The molecule has 1 aromatic heterocycles. The second kappa shape index (κ2) is 5.83. The highest BCUT2D eigenvalue weighted by atomic mass is 32.2. The minimum atomic E-state index is -3.19. The minimum Gasteiger partial charge on any atom is -0.350 e. The molecule has 1 aliphatic rings. The van der Waals surface area contributed by atoms with E-state index in [2.05, 4.69) is 20.0 Å². The third-order valence-corrected chi connectivity index (χ3v) is 3.97. The van der Waals surface area contributed by atoms with E-state index < -0.39 is 10.0 Å². The van der Waals surface area contributed by atoms with E-state index in [4.69, 9.17) is 0 Å². The van der Waals surface area contributed by atoms with Crippen LogP contribution >= 0.6 is 0 Å². The Hall–Kier alpha value is -1.21. The van der Waals surface area contributed by atoms with Crippen molar-refractivity contribution in [2.24, 2.45) is 0 Å². The number of hydrogen-bond donors (Lipinski definition) is 2. The van der Waals surface area contributed by atoms with Crippen LogP contribution < -0.4 is 10.0 Å². The number of rotatable bonds is 4. The zero-order valence-electron chi connectivity index (χ0n) is 11.3. The quantitative estimate of drug-likeness (QED) is 0.863. The minimum absolute atomic E-state index is 0.0466. The maximum absolute atomic E-state index is 11.4. The molecule has 2 N–H and O–H groups in total. The van der Waals surface area contributed by atoms with Gasteiger partial charge in [0.15, 0.2) is 0 Å². The summed E-state index contributed by atoms with van der Waals surface area (Å²) < 4.78 is 25.5. The average molecular weight is 284 g/mol. The first-order valence-electron chi connectivity index (χ1n) is 6.47. The van der Waals surface area contributed by atoms with Crippen LogP contribution in [-0.2, 0) is 10.0 Å². The summed E-state index contributed by atoms with van der Waals surface area (Å²) >= 11 is 0. The van der Waals surface area contributed by atoms with Crippen LogP contribution in [0.15, 0.2) is 12.3 Å². The number of aryl methyl sites for hydroxylation is 1. The first-order chi connectivity index (χ1) is 8.94. The molecular formula is C12H20N4O2S. The predicted molar refractivity (Wildman–Crippen MR) is 74.4 cm³/mol. The molecule has 1 heterocycles. The van der Waals surface area contributed by atoms with Gasteiger partial charge in [-0.1, -0.05) is 12.8 Å². The van der Waals surface area contributed by atoms with Crippen LogP contribution in [0.5, 0.6) is 0 Å². The summed E-state index contributed by atoms with van der Waals surface area (Å²) in [6.45, 7) is 1.90. The van der Waals surface area contributed by atoms with E-state index in [1.54, 1.807) is 6.20 Å². The Morgan fingerprint density at radius 3 is 2.58 bits per heavy atom. The summed E-state index contributed by atoms with van der Waals surface area (Å²) in [5, 5.41) is 3.25. The molecule has 1 fully saturated rings. The van der Waals surface area contributed by atoms with E-state index in [9.17, 15) is 8.42 Å². The van der Waals surface area contributed by atoms with Gasteiger partial charge < -0.3 is 5.32 Å². The summed E-state index contributed by atoms with van der Waals surface area (Å²) in [5.41, 5.74) is 0.890. The van der Waals surface area contributed by atoms with Gasteiger partial charge in [0.05, 0.1) is 6.26 Å². The van der Waals surface area contributed by atoms with E-state index in [0.29, 0.717) is 5.95 Å². The molecule has 0 aromatic carbocycles. The molecule has 0 radical (unpaired) electrons. The third-order valence-electron chi connectivity index (χ3n) is 3.24. The van der Waals surface area contributed by atoms with Crippen molar-refractivity contribution in [3.8, 4) is 0 Å². The fourth-order valence-corrected chi connectivity index (χ4v) is 3.24. The summed E-state index contributed by atoms with van der Waals surface area (Å²) in [4.78, 5) is 8.46. The Kier molecular flexibility index (Phi) is 4.36. The lowest BCUT2D eigenvalue weighted by Crippen LogP contribution is -2.48. The first-order valence-corrected chi connectivity index (χ1v) is 8.37. The topological polar surface area (TPSA) is 84.0 Å². The molecule has 0 bridgehead atoms. The van der Waals surface area contributed by atoms with Gasteiger partial charge in [0.25, 0.3) is 0 Å². The molecule has 106 valence electrons. The summed E-state index contributed by atoms with van der Waals surface area (Å²) in [5.74, 6) is 0.562. The SMILES string of the molecule is Cc1ccnc(NC2CCCCC2NS(C)(=O)=O)n1. The summed E-state index contributed by atoms with van der Waals surface area (Å²) in [6.07, 6.45) is 6.79. The van der Waals surface area contributed by atoms with Gasteiger partial charge in [0.2, 0.25) is 16.0 Å². The number of anilines is 1. The molecule has 2 rings (SSSR count). The normalized spacial score (nSPS) is 24.1. The number of nitrogens with one attached hydrogen (secondary N) is 2. The Balaban J connectivity index is 2.07. The van der Waals surface area contributed by atoms with E-state index in [0.717, 1.165) is 31.4 Å². The number of hydrogen-bond acceptors (Lipinski definition) is 5. The van der Waals surface area contributed by atoms with Crippen molar-refractivity contribution in [3.63, 3.8) is 0 Å². The molecule has 1 saturated carbocycles. The van der Waals surface area contributed by atoms with Crippen LogP contribution in [-0.4, -0.2) is 36.7 Å². The van der Waals surface area contributed by atoms with Gasteiger partial charge in [-0.2, -0.15) is 0 Å². The molecule has 0 saturated heterocycles. The van der Waals surface area contributed by atoms with Crippen molar-refractivity contribution in [1.29, 1.82) is 0 Å². The average Bonchev–Trinajstić information content (AvgIpc) is 2.30. The van der Waals surface area contributed by atoms with Crippen LogP contribution in [0.25, 0.3) is 0 Å². The Morgan fingerprint density at radius 1 is 1.26 bits per heavy atom. The molecule has 0 aliphatic heterocycles. The van der Waals surface area contributed by atoms with Crippen LogP contribution in [0.3, 0.4) is 0 Å². The van der Waals surface area contributed by atoms with Gasteiger partial charge in [-0.3, -0.25) is 0 Å². The van der Waals surface area contributed by atoms with Gasteiger partial charge >= 0.3 is 0 Å². The predicted octanol–water partition coefficient (Wildman–Crippen LogP) is 1.06. The van der Waals surface area contributed by atoms with Crippen LogP contribution in [0.4, 0.5) is 5.95 Å². The summed E-state index contributed by atoms with van der Waals surface area (Å²) in [7, 11) is -3.19. The van der Waals surface area contributed by atoms with Gasteiger partial charge in [0, 0.05) is 24.0 Å². The van der Waals surface area contributed by atoms with Crippen molar-refractivity contribution in [2.75, 3.05) is 11.6 Å². The van der Waals surface area contributed by atoms with Crippen molar-refractivity contribution >= 4 is 16.0 Å². The molecule has 0 spiro atoms. The summed E-state index contributed by atoms with van der Waals surface area (Å²) in [6, 6.07) is 1.79. The van der Waals surface area contributed by atoms with E-state index in [1.807, 2.05) is 13.0 Å². The monoisotopic (exact) mass is 284 g/mol. The van der Waals surface area contributed by atoms with Gasteiger partial charge in [-0.25, -0.2) is 23.1 Å². The second-order valence-electron chi connectivity index (χ2n) is 5.05. The van der Waals surface area contributed by atoms with Crippen molar-refractivity contribution in [2.45, 2.75) is 44.7 Å². The molecule has 1 aliphatic carbocycles. The van der Waals surface area contributed by atoms with Gasteiger partial charge in [0.1, 0.15) is 0 Å². The lowest BCUT2D eigenvalue weighted by molar-refractivity contribution is 0.378. The van der Waals surface area contributed by atoms with Crippen LogP contribution in [0, 0.1) is 6.92 Å². The highest BCUT2D eigenvalue weighted by molar-refractivity contribution is 7.88. The molecule has 19 heavy (non-hydrogen) atoms. The van der Waals surface area contributed by atoms with Crippen LogP contribution in [0.1, 0.15) is 31.4 Å². The van der Waals surface area contributed by atoms with E-state index in [1.165, 1.54) is 6.26 Å². The zero-order chi connectivity index (χ0) is 13.9. The Morgan fingerprint density at radius 2 is 1.95 bits per heavy atom. The molecule has 2 atom stereocenters. The van der Waals surface area contributed by atoms with Gasteiger partial charge in [-0.15, -0.1) is 0 Å². The smallest absolute Gasteiger partial charge is 0.223 e. The Bertz CT molecular complexity index is 532. The lowest BCUT2D eigenvalue weighted by atomic mass is 9.91. The zero-order valence-corrected chi connectivity index (χ0v) is 12.1. The maximum Gasteiger partial charge on any atom is 0.223 e. The molecule has 2 unspecified atom stereocenters. The fourth-order valence-electron chi connectivity index (χ4n) is 2.40. The largest absolute Gasteiger partial charge is 0.350 e. The lowest BCUT2D eigenvalue weighted by Gasteiger charge is -2.32. The fraction of sp³-hybridized carbons (Fsp3) is 0.667. The van der Waals surface area contributed by atoms with E-state index >= 15 is 0 Å². The number of aromatic nitrogens is 2. The highest BCUT2D eigenvalue weighted by Gasteiger charge is 2.27. The highest BCUT2D eigenvalue weighted by Crippen LogP contribution is 2.21. The standard InChI is InChI=1S/C12H20N4O2S/c1-9-7-8-13-12(14-9)15-10-5-3-4-6-11(10)16-19(2,17)18/h7-8,10-11,16H,3-6H2,1-2H3,(H,13,14,15). The van der Waals surface area contributed by atoms with Crippen LogP contribution in [0.2, 0.25) is 0 Å². The third kappa shape index (κ3) is 4.43. The van der Waals surface area contributed by atoms with Crippen molar-refractivity contribution in [3.05, 3.63) is 18.0 Å². The van der Waals surface area contributed by atoms with E-state index in [-0.39, 0.29) is 12.1 Å². The Labute approximate surface area is 114 Å². The molecule has 0 amide bonds. The van der Waals surface area contributed by atoms with Gasteiger partial charge in [-0.05, 0) is 25.8 Å². The van der Waals surface area contributed by atoms with Crippen molar-refractivity contribution in [1.82, 2.24) is 14.7 Å². The van der Waals surface area contributed by atoms with Crippen molar-refractivity contribution < 1.29 is 8.42 Å². The maximum atomic E-state index is 11.4. The number of sulfonamides is 1.